The molecule has 4 nitrogen and oxygen atoms in total. The lowest BCUT2D eigenvalue weighted by molar-refractivity contribution is 0.407. The summed E-state index contributed by atoms with van der Waals surface area (Å²) in [7, 11) is 1.52. The Balaban J connectivity index is 2.02. The van der Waals surface area contributed by atoms with Gasteiger partial charge in [0.25, 0.3) is 5.56 Å². The molecule has 27 heavy (non-hydrogen) atoms. The lowest BCUT2D eigenvalue weighted by Gasteiger charge is -2.17. The summed E-state index contributed by atoms with van der Waals surface area (Å²) >= 11 is 6.11. The van der Waals surface area contributed by atoms with Gasteiger partial charge < -0.3 is 9.30 Å². The van der Waals surface area contributed by atoms with Gasteiger partial charge in [0.2, 0.25) is 0 Å². The highest BCUT2D eigenvalue weighted by Gasteiger charge is 2.19. The summed E-state index contributed by atoms with van der Waals surface area (Å²) in [5.74, 6) is 0.309. The highest BCUT2D eigenvalue weighted by molar-refractivity contribution is 6.30. The van der Waals surface area contributed by atoms with Crippen LogP contribution in [0, 0.1) is 0 Å². The molecule has 4 aromatic rings. The third-order valence-electron chi connectivity index (χ3n) is 4.52. The van der Waals surface area contributed by atoms with Crippen molar-refractivity contribution in [3.05, 3.63) is 94.0 Å². The predicted octanol–water partition coefficient (Wildman–Crippen LogP) is 4.77. The predicted molar refractivity (Wildman–Crippen MR) is 109 cm³/mol. The van der Waals surface area contributed by atoms with Crippen LogP contribution in [0.4, 0.5) is 0 Å². The van der Waals surface area contributed by atoms with E-state index >= 15 is 0 Å². The topological polar surface area (TPSA) is 44.1 Å². The number of nitrogens with zero attached hydrogens (tertiary/aromatic N) is 2. The van der Waals surface area contributed by atoms with E-state index in [-0.39, 0.29) is 5.56 Å². The standard InChI is InChI=1S/C22H17ClN2O2/c1-27-21-20(16-7-3-2-4-8-16)18-13-24-11-10-19(18)25(22(21)26)14-15-6-5-9-17(23)12-15/h2-13H,14H2,1H3. The molecule has 0 saturated carbocycles. The molecular formula is C22H17ClN2O2. The summed E-state index contributed by atoms with van der Waals surface area (Å²) in [6, 6.07) is 19.1. The van der Waals surface area contributed by atoms with Crippen LogP contribution in [0.15, 0.2) is 77.9 Å². The molecule has 0 aliphatic rings. The van der Waals surface area contributed by atoms with Crippen LogP contribution < -0.4 is 10.3 Å². The van der Waals surface area contributed by atoms with Gasteiger partial charge in [0.05, 0.1) is 19.2 Å². The average molecular weight is 377 g/mol. The number of hydrogen-bond acceptors (Lipinski definition) is 3. The number of halogens is 1. The van der Waals surface area contributed by atoms with Crippen LogP contribution in [0.25, 0.3) is 22.0 Å². The van der Waals surface area contributed by atoms with Gasteiger partial charge in [-0.15, -0.1) is 0 Å². The highest BCUT2D eigenvalue weighted by Crippen LogP contribution is 2.34. The van der Waals surface area contributed by atoms with Crippen LogP contribution in [0.5, 0.6) is 5.75 Å². The molecule has 2 heterocycles. The van der Waals surface area contributed by atoms with Gasteiger partial charge in [-0.1, -0.05) is 54.1 Å². The summed E-state index contributed by atoms with van der Waals surface area (Å²) < 4.78 is 7.26. The second-order valence-electron chi connectivity index (χ2n) is 6.19. The van der Waals surface area contributed by atoms with Crippen molar-refractivity contribution >= 4 is 22.5 Å². The SMILES string of the molecule is COc1c(-c2ccccc2)c2cnccc2n(Cc2cccc(Cl)c2)c1=O. The van der Waals surface area contributed by atoms with Crippen molar-refractivity contribution in [3.63, 3.8) is 0 Å². The molecule has 0 unspecified atom stereocenters. The minimum absolute atomic E-state index is 0.185. The Hall–Kier alpha value is -3.11. The monoisotopic (exact) mass is 376 g/mol. The van der Waals surface area contributed by atoms with E-state index in [0.29, 0.717) is 17.3 Å². The quantitative estimate of drug-likeness (QED) is 0.515. The largest absolute Gasteiger partial charge is 0.491 e. The maximum Gasteiger partial charge on any atom is 0.294 e. The van der Waals surface area contributed by atoms with Gasteiger partial charge in [-0.05, 0) is 29.3 Å². The highest BCUT2D eigenvalue weighted by atomic mass is 35.5. The molecule has 4 rings (SSSR count). The number of aromatic nitrogens is 2. The van der Waals surface area contributed by atoms with Crippen molar-refractivity contribution in [1.29, 1.82) is 0 Å². The van der Waals surface area contributed by atoms with Gasteiger partial charge in [-0.2, -0.15) is 0 Å². The second-order valence-corrected chi connectivity index (χ2v) is 6.62. The van der Waals surface area contributed by atoms with Crippen molar-refractivity contribution < 1.29 is 4.74 Å². The van der Waals surface area contributed by atoms with Gasteiger partial charge in [0, 0.05) is 28.4 Å². The summed E-state index contributed by atoms with van der Waals surface area (Å²) in [5, 5.41) is 1.50. The van der Waals surface area contributed by atoms with Gasteiger partial charge in [0.1, 0.15) is 0 Å². The Morgan fingerprint density at radius 1 is 1.07 bits per heavy atom. The van der Waals surface area contributed by atoms with Crippen molar-refractivity contribution in [2.75, 3.05) is 7.11 Å². The lowest BCUT2D eigenvalue weighted by atomic mass is 10.0. The Labute approximate surface area is 161 Å². The molecule has 5 heteroatoms. The number of methoxy groups -OCH3 is 1. The van der Waals surface area contributed by atoms with E-state index in [2.05, 4.69) is 4.98 Å². The smallest absolute Gasteiger partial charge is 0.294 e. The summed E-state index contributed by atoms with van der Waals surface area (Å²) in [6.07, 6.45) is 3.46. The molecule has 0 radical (unpaired) electrons. The first kappa shape index (κ1) is 17.3. The first-order valence-corrected chi connectivity index (χ1v) is 8.91. The van der Waals surface area contributed by atoms with Crippen LogP contribution in [-0.4, -0.2) is 16.7 Å². The van der Waals surface area contributed by atoms with E-state index in [0.717, 1.165) is 27.6 Å². The van der Waals surface area contributed by atoms with E-state index in [1.54, 1.807) is 17.0 Å². The normalized spacial score (nSPS) is 10.9. The Bertz CT molecular complexity index is 1170. The fourth-order valence-electron chi connectivity index (χ4n) is 3.33. The Kier molecular flexibility index (Phi) is 4.65. The minimum atomic E-state index is -0.185. The van der Waals surface area contributed by atoms with Gasteiger partial charge >= 0.3 is 0 Å². The summed E-state index contributed by atoms with van der Waals surface area (Å²) in [4.78, 5) is 17.6. The second kappa shape index (κ2) is 7.25. The molecule has 2 aromatic carbocycles. The third-order valence-corrected chi connectivity index (χ3v) is 4.76. The van der Waals surface area contributed by atoms with E-state index in [4.69, 9.17) is 16.3 Å². The van der Waals surface area contributed by atoms with E-state index in [1.165, 1.54) is 7.11 Å². The molecular weight excluding hydrogens is 360 g/mol. The number of pyridine rings is 2. The molecule has 0 atom stereocenters. The maximum absolute atomic E-state index is 13.3. The molecule has 0 spiro atoms. The maximum atomic E-state index is 13.3. The number of fused-ring (bicyclic) bond motifs is 1. The fraction of sp³-hybridized carbons (Fsp3) is 0.0909. The zero-order chi connectivity index (χ0) is 18.8. The molecule has 0 N–H and O–H groups in total. The number of benzene rings is 2. The summed E-state index contributed by atoms with van der Waals surface area (Å²) in [5.41, 5.74) is 3.23. The third kappa shape index (κ3) is 3.20. The Morgan fingerprint density at radius 3 is 2.63 bits per heavy atom. The van der Waals surface area contributed by atoms with Gasteiger partial charge in [-0.3, -0.25) is 9.78 Å². The van der Waals surface area contributed by atoms with Crippen molar-refractivity contribution in [2.24, 2.45) is 0 Å². The molecule has 0 amide bonds. The van der Waals surface area contributed by atoms with Gasteiger partial charge in [0.15, 0.2) is 5.75 Å². The van der Waals surface area contributed by atoms with Crippen LogP contribution in [0.2, 0.25) is 5.02 Å². The van der Waals surface area contributed by atoms with E-state index < -0.39 is 0 Å². The molecule has 0 saturated heterocycles. The summed E-state index contributed by atoms with van der Waals surface area (Å²) in [6.45, 7) is 0.394. The first-order chi connectivity index (χ1) is 13.2. The number of rotatable bonds is 4. The number of ether oxygens (including phenoxy) is 1. The molecule has 134 valence electrons. The number of hydrogen-bond donors (Lipinski definition) is 0. The van der Waals surface area contributed by atoms with Crippen LogP contribution >= 0.6 is 11.6 Å². The molecule has 0 bridgehead atoms. The minimum Gasteiger partial charge on any atom is -0.491 e. The zero-order valence-corrected chi connectivity index (χ0v) is 15.5. The van der Waals surface area contributed by atoms with Crippen LogP contribution in [-0.2, 0) is 6.54 Å². The van der Waals surface area contributed by atoms with Crippen LogP contribution in [0.1, 0.15) is 5.56 Å². The van der Waals surface area contributed by atoms with Crippen molar-refractivity contribution in [3.8, 4) is 16.9 Å². The van der Waals surface area contributed by atoms with Gasteiger partial charge in [-0.25, -0.2) is 0 Å². The fourth-order valence-corrected chi connectivity index (χ4v) is 3.54. The molecule has 0 aliphatic carbocycles. The Morgan fingerprint density at radius 2 is 1.89 bits per heavy atom. The first-order valence-electron chi connectivity index (χ1n) is 8.53. The molecule has 2 aromatic heterocycles. The van der Waals surface area contributed by atoms with Crippen LogP contribution in [0.3, 0.4) is 0 Å². The van der Waals surface area contributed by atoms with Crippen molar-refractivity contribution in [1.82, 2.24) is 9.55 Å². The molecule has 0 aliphatic heterocycles. The van der Waals surface area contributed by atoms with Crippen molar-refractivity contribution in [2.45, 2.75) is 6.54 Å². The van der Waals surface area contributed by atoms with E-state index in [9.17, 15) is 4.79 Å². The average Bonchev–Trinajstić information content (AvgIpc) is 2.70. The lowest BCUT2D eigenvalue weighted by Crippen LogP contribution is -2.23. The zero-order valence-electron chi connectivity index (χ0n) is 14.7. The van der Waals surface area contributed by atoms with E-state index in [1.807, 2.05) is 60.7 Å². The molecule has 0 fully saturated rings.